The number of aromatic carboxylic acids is 1. The number of rotatable bonds is 5. The number of halogens is 2. The van der Waals surface area contributed by atoms with E-state index in [0.29, 0.717) is 16.0 Å². The van der Waals surface area contributed by atoms with Crippen LogP contribution in [0, 0.1) is 5.82 Å². The molecule has 0 bridgehead atoms. The van der Waals surface area contributed by atoms with Gasteiger partial charge in [0.15, 0.2) is 11.5 Å². The average Bonchev–Trinajstić information content (AvgIpc) is 2.48. The van der Waals surface area contributed by atoms with Crippen LogP contribution in [0.3, 0.4) is 0 Å². The first-order valence-electron chi connectivity index (χ1n) is 5.99. The fraction of sp³-hybridized carbons (Fsp3) is 0.133. The molecule has 0 unspecified atom stereocenters. The van der Waals surface area contributed by atoms with Crippen molar-refractivity contribution in [1.82, 2.24) is 0 Å². The molecule has 0 aromatic heterocycles. The van der Waals surface area contributed by atoms with Gasteiger partial charge in [0.05, 0.1) is 17.1 Å². The molecule has 4 nitrogen and oxygen atoms in total. The van der Waals surface area contributed by atoms with Crippen LogP contribution in [0.5, 0.6) is 11.5 Å². The summed E-state index contributed by atoms with van der Waals surface area (Å²) in [7, 11) is 1.47. The normalized spacial score (nSPS) is 10.2. The number of carboxylic acids is 1. The number of hydrogen-bond donors (Lipinski definition) is 1. The van der Waals surface area contributed by atoms with E-state index in [1.807, 2.05) is 0 Å². The number of carboxylic acid groups (broad SMARTS) is 1. The lowest BCUT2D eigenvalue weighted by molar-refractivity contribution is 0.0696. The van der Waals surface area contributed by atoms with Gasteiger partial charge >= 0.3 is 5.97 Å². The summed E-state index contributed by atoms with van der Waals surface area (Å²) < 4.78 is 24.2. The zero-order valence-corrected chi connectivity index (χ0v) is 12.7. The Kier molecular flexibility index (Phi) is 4.80. The molecule has 0 aliphatic heterocycles. The van der Waals surface area contributed by atoms with Crippen LogP contribution in [-0.4, -0.2) is 18.2 Å². The molecule has 110 valence electrons. The third kappa shape index (κ3) is 3.72. The van der Waals surface area contributed by atoms with E-state index in [4.69, 9.17) is 14.6 Å². The molecule has 21 heavy (non-hydrogen) atoms. The summed E-state index contributed by atoms with van der Waals surface area (Å²) in [6, 6.07) is 8.87. The predicted molar refractivity (Wildman–Crippen MR) is 78.4 cm³/mol. The van der Waals surface area contributed by atoms with Gasteiger partial charge in [-0.25, -0.2) is 9.18 Å². The molecular weight excluding hydrogens is 343 g/mol. The number of hydrogen-bond acceptors (Lipinski definition) is 3. The number of benzene rings is 2. The Morgan fingerprint density at radius 3 is 2.62 bits per heavy atom. The summed E-state index contributed by atoms with van der Waals surface area (Å²) in [5.41, 5.74) is 0.845. The highest BCUT2D eigenvalue weighted by Crippen LogP contribution is 2.29. The molecule has 0 radical (unpaired) electrons. The van der Waals surface area contributed by atoms with Gasteiger partial charge in [-0.15, -0.1) is 0 Å². The summed E-state index contributed by atoms with van der Waals surface area (Å²) in [6.07, 6.45) is 0. The second-order valence-corrected chi connectivity index (χ2v) is 5.06. The molecule has 2 rings (SSSR count). The van der Waals surface area contributed by atoms with Gasteiger partial charge in [-0.05, 0) is 51.8 Å². The quantitative estimate of drug-likeness (QED) is 0.885. The van der Waals surface area contributed by atoms with Gasteiger partial charge in [0.1, 0.15) is 12.4 Å². The predicted octanol–water partition coefficient (Wildman–Crippen LogP) is 3.87. The average molecular weight is 355 g/mol. The van der Waals surface area contributed by atoms with Crippen LogP contribution < -0.4 is 9.47 Å². The van der Waals surface area contributed by atoms with Crippen molar-refractivity contribution in [3.8, 4) is 11.5 Å². The van der Waals surface area contributed by atoms with Gasteiger partial charge in [0.2, 0.25) is 0 Å². The largest absolute Gasteiger partial charge is 0.493 e. The van der Waals surface area contributed by atoms with Crippen LogP contribution in [0.25, 0.3) is 0 Å². The Labute approximate surface area is 129 Å². The van der Waals surface area contributed by atoms with Crippen molar-refractivity contribution in [1.29, 1.82) is 0 Å². The van der Waals surface area contributed by atoms with Gasteiger partial charge in [0, 0.05) is 0 Å². The molecule has 0 saturated heterocycles. The standard InChI is InChI=1S/C15H12BrFO4/c1-20-13-5-3-10(15(18)19)7-14(13)21-8-9-2-4-12(17)11(16)6-9/h2-7H,8H2,1H3,(H,18,19). The van der Waals surface area contributed by atoms with E-state index in [0.717, 1.165) is 5.56 Å². The van der Waals surface area contributed by atoms with Crippen LogP contribution >= 0.6 is 15.9 Å². The van der Waals surface area contributed by atoms with Crippen LogP contribution in [0.1, 0.15) is 15.9 Å². The number of methoxy groups -OCH3 is 1. The Bertz CT molecular complexity index is 673. The third-order valence-corrected chi connectivity index (χ3v) is 3.40. The molecule has 0 saturated carbocycles. The Hall–Kier alpha value is -2.08. The monoisotopic (exact) mass is 354 g/mol. The molecule has 6 heteroatoms. The van der Waals surface area contributed by atoms with Gasteiger partial charge in [-0.1, -0.05) is 6.07 Å². The van der Waals surface area contributed by atoms with Crippen LogP contribution in [0.4, 0.5) is 4.39 Å². The van der Waals surface area contributed by atoms with Crippen molar-refractivity contribution in [2.45, 2.75) is 6.61 Å². The summed E-state index contributed by atoms with van der Waals surface area (Å²) >= 11 is 3.10. The second-order valence-electron chi connectivity index (χ2n) is 4.21. The lowest BCUT2D eigenvalue weighted by Crippen LogP contribution is -2.01. The highest BCUT2D eigenvalue weighted by molar-refractivity contribution is 9.10. The van der Waals surface area contributed by atoms with E-state index in [-0.39, 0.29) is 18.0 Å². The van der Waals surface area contributed by atoms with Crippen molar-refractivity contribution in [2.75, 3.05) is 7.11 Å². The molecule has 2 aromatic rings. The highest BCUT2D eigenvalue weighted by atomic mass is 79.9. The molecule has 0 fully saturated rings. The van der Waals surface area contributed by atoms with Gasteiger partial charge < -0.3 is 14.6 Å². The summed E-state index contributed by atoms with van der Waals surface area (Å²) in [6.45, 7) is 0.165. The summed E-state index contributed by atoms with van der Waals surface area (Å²) in [5, 5.41) is 8.98. The van der Waals surface area contributed by atoms with Gasteiger partial charge in [-0.3, -0.25) is 0 Å². The van der Waals surface area contributed by atoms with Crippen LogP contribution in [0.2, 0.25) is 0 Å². The van der Waals surface area contributed by atoms with Crippen LogP contribution in [0.15, 0.2) is 40.9 Å². The van der Waals surface area contributed by atoms with E-state index in [9.17, 15) is 9.18 Å². The third-order valence-electron chi connectivity index (χ3n) is 2.79. The Morgan fingerprint density at radius 2 is 2.00 bits per heavy atom. The van der Waals surface area contributed by atoms with Crippen molar-refractivity contribution in [3.05, 3.63) is 57.8 Å². The Morgan fingerprint density at radius 1 is 1.24 bits per heavy atom. The zero-order chi connectivity index (χ0) is 15.4. The molecule has 1 N–H and O–H groups in total. The minimum atomic E-state index is -1.05. The van der Waals surface area contributed by atoms with Crippen LogP contribution in [-0.2, 0) is 6.61 Å². The molecule has 0 amide bonds. The first-order valence-corrected chi connectivity index (χ1v) is 6.78. The molecule has 0 aliphatic rings. The maximum absolute atomic E-state index is 13.1. The van der Waals surface area contributed by atoms with Crippen molar-refractivity contribution >= 4 is 21.9 Å². The maximum Gasteiger partial charge on any atom is 0.335 e. The topological polar surface area (TPSA) is 55.8 Å². The van der Waals surface area contributed by atoms with E-state index in [2.05, 4.69) is 15.9 Å². The van der Waals surface area contributed by atoms with E-state index in [1.165, 1.54) is 31.4 Å². The minimum Gasteiger partial charge on any atom is -0.493 e. The highest BCUT2D eigenvalue weighted by Gasteiger charge is 2.10. The molecule has 0 spiro atoms. The SMILES string of the molecule is COc1ccc(C(=O)O)cc1OCc1ccc(F)c(Br)c1. The second kappa shape index (κ2) is 6.58. The first kappa shape index (κ1) is 15.3. The first-order chi connectivity index (χ1) is 10.0. The van der Waals surface area contributed by atoms with Crippen molar-refractivity contribution in [2.24, 2.45) is 0 Å². The molecule has 0 aliphatic carbocycles. The molecule has 2 aromatic carbocycles. The molecule has 0 heterocycles. The maximum atomic E-state index is 13.1. The fourth-order valence-corrected chi connectivity index (χ4v) is 2.14. The van der Waals surface area contributed by atoms with E-state index >= 15 is 0 Å². The number of carbonyl (C=O) groups is 1. The van der Waals surface area contributed by atoms with Crippen molar-refractivity contribution < 1.29 is 23.8 Å². The lowest BCUT2D eigenvalue weighted by Gasteiger charge is -2.11. The van der Waals surface area contributed by atoms with E-state index in [1.54, 1.807) is 12.1 Å². The summed E-state index contributed by atoms with van der Waals surface area (Å²) in [4.78, 5) is 11.0. The fourth-order valence-electron chi connectivity index (χ4n) is 1.71. The lowest BCUT2D eigenvalue weighted by atomic mass is 10.2. The number of ether oxygens (including phenoxy) is 2. The Balaban J connectivity index is 2.19. The zero-order valence-electron chi connectivity index (χ0n) is 11.1. The molecule has 0 atom stereocenters. The molecular formula is C15H12BrFO4. The minimum absolute atomic E-state index is 0.103. The van der Waals surface area contributed by atoms with Crippen molar-refractivity contribution in [3.63, 3.8) is 0 Å². The van der Waals surface area contributed by atoms with E-state index < -0.39 is 5.97 Å². The smallest absolute Gasteiger partial charge is 0.335 e. The van der Waals surface area contributed by atoms with Gasteiger partial charge in [0.25, 0.3) is 0 Å². The summed E-state index contributed by atoms with van der Waals surface area (Å²) in [5.74, 6) is -0.657. The van der Waals surface area contributed by atoms with Gasteiger partial charge in [-0.2, -0.15) is 0 Å².